The molecular formula is C19H18N4. The van der Waals surface area contributed by atoms with Crippen LogP contribution in [0.3, 0.4) is 0 Å². The van der Waals surface area contributed by atoms with Crippen molar-refractivity contribution in [2.24, 2.45) is 7.05 Å². The number of nitrogens with one attached hydrogen (secondary N) is 1. The summed E-state index contributed by atoms with van der Waals surface area (Å²) in [6.07, 6.45) is 1.81. The fraction of sp³-hybridized carbons (Fsp3) is 0.158. The van der Waals surface area contributed by atoms with Crippen LogP contribution in [-0.4, -0.2) is 14.8 Å². The third-order valence-corrected chi connectivity index (χ3v) is 4.14. The maximum atomic E-state index is 4.73. The van der Waals surface area contributed by atoms with Crippen LogP contribution in [-0.2, 0) is 7.05 Å². The molecule has 0 amide bonds. The zero-order valence-corrected chi connectivity index (χ0v) is 13.5. The quantitative estimate of drug-likeness (QED) is 0.593. The van der Waals surface area contributed by atoms with Gasteiger partial charge in [-0.05, 0) is 38.1 Å². The molecule has 0 fully saturated rings. The minimum Gasteiger partial charge on any atom is -0.353 e. The van der Waals surface area contributed by atoms with E-state index in [1.54, 1.807) is 0 Å². The molecule has 114 valence electrons. The molecular weight excluding hydrogens is 284 g/mol. The summed E-state index contributed by atoms with van der Waals surface area (Å²) in [6.45, 7) is 4.19. The highest BCUT2D eigenvalue weighted by Gasteiger charge is 2.13. The molecule has 0 unspecified atom stereocenters. The van der Waals surface area contributed by atoms with Crippen LogP contribution in [0.25, 0.3) is 21.9 Å². The summed E-state index contributed by atoms with van der Waals surface area (Å²) in [5.74, 6) is 0. The van der Waals surface area contributed by atoms with Gasteiger partial charge >= 0.3 is 0 Å². The first-order chi connectivity index (χ1) is 11.1. The maximum Gasteiger partial charge on any atom is 0.111 e. The number of hydrogen-bond donors (Lipinski definition) is 1. The lowest BCUT2D eigenvalue weighted by atomic mass is 10.1. The zero-order chi connectivity index (χ0) is 16.0. The van der Waals surface area contributed by atoms with E-state index in [0.29, 0.717) is 0 Å². The molecule has 1 N–H and O–H groups in total. The molecule has 0 radical (unpaired) electrons. The molecule has 23 heavy (non-hydrogen) atoms. The molecule has 0 aliphatic heterocycles. The van der Waals surface area contributed by atoms with E-state index in [2.05, 4.69) is 66.7 Å². The number of aromatic nitrogens is 3. The molecule has 0 atom stereocenters. The number of anilines is 2. The molecule has 0 aliphatic rings. The first kappa shape index (κ1) is 13.8. The minimum absolute atomic E-state index is 0.901. The van der Waals surface area contributed by atoms with E-state index < -0.39 is 0 Å². The van der Waals surface area contributed by atoms with Crippen LogP contribution in [0.1, 0.15) is 11.1 Å². The Morgan fingerprint density at radius 2 is 1.65 bits per heavy atom. The fourth-order valence-electron chi connectivity index (χ4n) is 2.91. The van der Waals surface area contributed by atoms with Gasteiger partial charge in [0.05, 0.1) is 17.4 Å². The van der Waals surface area contributed by atoms with Gasteiger partial charge in [-0.3, -0.25) is 4.68 Å². The third kappa shape index (κ3) is 2.32. The number of benzene rings is 2. The average Bonchev–Trinajstić information content (AvgIpc) is 2.91. The van der Waals surface area contributed by atoms with Crippen LogP contribution in [0, 0.1) is 13.8 Å². The molecule has 4 heteroatoms. The topological polar surface area (TPSA) is 42.7 Å². The molecule has 2 heterocycles. The molecule has 0 bridgehead atoms. The molecule has 4 nitrogen and oxygen atoms in total. The van der Waals surface area contributed by atoms with E-state index in [4.69, 9.17) is 4.98 Å². The third-order valence-electron chi connectivity index (χ3n) is 4.14. The number of hydrogen-bond acceptors (Lipinski definition) is 3. The van der Waals surface area contributed by atoms with Crippen LogP contribution in [0.4, 0.5) is 11.4 Å². The lowest BCUT2D eigenvalue weighted by molar-refractivity contribution is 0.798. The monoisotopic (exact) mass is 302 g/mol. The molecule has 0 aliphatic carbocycles. The van der Waals surface area contributed by atoms with Crippen LogP contribution in [0.5, 0.6) is 0 Å². The van der Waals surface area contributed by atoms with E-state index in [9.17, 15) is 0 Å². The van der Waals surface area contributed by atoms with Crippen molar-refractivity contribution < 1.29 is 0 Å². The maximum absolute atomic E-state index is 4.73. The Kier molecular flexibility index (Phi) is 3.05. The van der Waals surface area contributed by atoms with Gasteiger partial charge in [0.15, 0.2) is 0 Å². The Hall–Kier alpha value is -2.88. The zero-order valence-electron chi connectivity index (χ0n) is 13.5. The molecule has 2 aromatic heterocycles. The lowest BCUT2D eigenvalue weighted by Gasteiger charge is -2.13. The van der Waals surface area contributed by atoms with E-state index in [-0.39, 0.29) is 0 Å². The molecule has 0 saturated carbocycles. The summed E-state index contributed by atoms with van der Waals surface area (Å²) in [4.78, 5) is 4.73. The Morgan fingerprint density at radius 3 is 2.43 bits per heavy atom. The van der Waals surface area contributed by atoms with Gasteiger partial charge in [-0.2, -0.15) is 5.10 Å². The van der Waals surface area contributed by atoms with Crippen LogP contribution in [0.2, 0.25) is 0 Å². The van der Waals surface area contributed by atoms with Crippen molar-refractivity contribution in [3.63, 3.8) is 0 Å². The Bertz CT molecular complexity index is 1010. The standard InChI is InChI=1S/C19H18N4/c1-12-4-7-14(8-5-12)21-18-15-10-13(2)6-9-16(15)22-17-11-20-23(3)19(17)18/h4-11H,1-3H3,(H,21,22). The summed E-state index contributed by atoms with van der Waals surface area (Å²) >= 11 is 0. The summed E-state index contributed by atoms with van der Waals surface area (Å²) in [6, 6.07) is 14.7. The van der Waals surface area contributed by atoms with E-state index in [1.807, 2.05) is 17.9 Å². The second kappa shape index (κ2) is 5.09. The van der Waals surface area contributed by atoms with Gasteiger partial charge in [0.25, 0.3) is 0 Å². The van der Waals surface area contributed by atoms with Gasteiger partial charge in [-0.15, -0.1) is 0 Å². The van der Waals surface area contributed by atoms with E-state index in [0.717, 1.165) is 33.3 Å². The largest absolute Gasteiger partial charge is 0.353 e. The van der Waals surface area contributed by atoms with E-state index in [1.165, 1.54) is 11.1 Å². The SMILES string of the molecule is Cc1ccc(Nc2c3cc(C)ccc3nc3cnn(C)c23)cc1. The van der Waals surface area contributed by atoms with Gasteiger partial charge in [-0.1, -0.05) is 29.3 Å². The minimum atomic E-state index is 0.901. The average molecular weight is 302 g/mol. The predicted molar refractivity (Wildman–Crippen MR) is 95.2 cm³/mol. The lowest BCUT2D eigenvalue weighted by Crippen LogP contribution is -1.99. The summed E-state index contributed by atoms with van der Waals surface area (Å²) in [5, 5.41) is 9.05. The molecule has 4 aromatic rings. The smallest absolute Gasteiger partial charge is 0.111 e. The summed E-state index contributed by atoms with van der Waals surface area (Å²) in [5.41, 5.74) is 7.47. The second-order valence-corrected chi connectivity index (χ2v) is 6.00. The summed E-state index contributed by atoms with van der Waals surface area (Å²) in [7, 11) is 1.95. The van der Waals surface area contributed by atoms with E-state index >= 15 is 0 Å². The van der Waals surface area contributed by atoms with Gasteiger partial charge in [0.1, 0.15) is 11.0 Å². The van der Waals surface area contributed by atoms with Crippen LogP contribution >= 0.6 is 0 Å². The van der Waals surface area contributed by atoms with Crippen molar-refractivity contribution in [3.05, 3.63) is 59.8 Å². The van der Waals surface area contributed by atoms with Crippen molar-refractivity contribution in [2.45, 2.75) is 13.8 Å². The Labute approximate surface area is 134 Å². The van der Waals surface area contributed by atoms with Gasteiger partial charge in [-0.25, -0.2) is 4.98 Å². The number of aryl methyl sites for hydroxylation is 3. The van der Waals surface area contributed by atoms with Gasteiger partial charge in [0.2, 0.25) is 0 Å². The van der Waals surface area contributed by atoms with Gasteiger partial charge in [0, 0.05) is 18.1 Å². The summed E-state index contributed by atoms with van der Waals surface area (Å²) < 4.78 is 1.88. The Balaban J connectivity index is 2.01. The number of rotatable bonds is 2. The van der Waals surface area contributed by atoms with Crippen molar-refractivity contribution in [1.29, 1.82) is 0 Å². The molecule has 4 rings (SSSR count). The van der Waals surface area contributed by atoms with Crippen molar-refractivity contribution in [2.75, 3.05) is 5.32 Å². The number of nitrogens with zero attached hydrogens (tertiary/aromatic N) is 3. The van der Waals surface area contributed by atoms with Crippen molar-refractivity contribution in [1.82, 2.24) is 14.8 Å². The molecule has 0 spiro atoms. The highest BCUT2D eigenvalue weighted by atomic mass is 15.3. The van der Waals surface area contributed by atoms with Crippen LogP contribution < -0.4 is 5.32 Å². The van der Waals surface area contributed by atoms with Gasteiger partial charge < -0.3 is 5.32 Å². The normalized spacial score (nSPS) is 11.3. The molecule has 0 saturated heterocycles. The highest BCUT2D eigenvalue weighted by molar-refractivity contribution is 6.07. The number of fused-ring (bicyclic) bond motifs is 2. The fourth-order valence-corrected chi connectivity index (χ4v) is 2.91. The highest BCUT2D eigenvalue weighted by Crippen LogP contribution is 2.33. The first-order valence-electron chi connectivity index (χ1n) is 7.67. The van der Waals surface area contributed by atoms with Crippen molar-refractivity contribution >= 4 is 33.3 Å². The number of pyridine rings is 1. The van der Waals surface area contributed by atoms with Crippen molar-refractivity contribution in [3.8, 4) is 0 Å². The first-order valence-corrected chi connectivity index (χ1v) is 7.67. The second-order valence-electron chi connectivity index (χ2n) is 6.00. The van der Waals surface area contributed by atoms with Crippen LogP contribution in [0.15, 0.2) is 48.7 Å². The predicted octanol–water partition coefficient (Wildman–Crippen LogP) is 4.48. The Morgan fingerprint density at radius 1 is 0.913 bits per heavy atom. The molecule has 2 aromatic carbocycles.